The first-order valence-electron chi connectivity index (χ1n) is 24.3. The molecule has 0 atom stereocenters. The molecular weight excluding hydrogens is 1190 g/mol. The molecule has 0 spiro atoms. The van der Waals surface area contributed by atoms with Crippen LogP contribution in [0.3, 0.4) is 0 Å². The Labute approximate surface area is 485 Å². The predicted octanol–water partition coefficient (Wildman–Crippen LogP) is 12.9. The van der Waals surface area contributed by atoms with Crippen molar-refractivity contribution in [2.24, 2.45) is 40.9 Å². The van der Waals surface area contributed by atoms with Gasteiger partial charge in [0.15, 0.2) is 5.75 Å². The maximum atomic E-state index is 12.7. The molecule has 0 radical (unpaired) electrons. The summed E-state index contributed by atoms with van der Waals surface area (Å²) in [7, 11) is -12.5. The number of benzene rings is 8. The molecule has 8 aromatic carbocycles. The average Bonchev–Trinajstić information content (AvgIpc) is 1.38. The quantitative estimate of drug-likeness (QED) is 0.0197. The molecule has 0 heterocycles. The zero-order valence-electron chi connectivity index (χ0n) is 45.3. The Kier molecular flexibility index (Phi) is 18.4. The molecular formula is C53H49N9O19S4. The Morgan fingerprint density at radius 1 is 0.447 bits per heavy atom. The fourth-order valence-electron chi connectivity index (χ4n) is 8.29. The predicted molar refractivity (Wildman–Crippen MR) is 309 cm³/mol. The molecule has 28 nitrogen and oxygen atoms in total. The van der Waals surface area contributed by atoms with E-state index in [0.717, 1.165) is 30.3 Å². The molecule has 0 amide bonds. The molecule has 8 aromatic rings. The monoisotopic (exact) mass is 1240 g/mol. The summed E-state index contributed by atoms with van der Waals surface area (Å²) in [6, 6.07) is 26.9. The van der Waals surface area contributed by atoms with E-state index in [0.29, 0.717) is 22.7 Å². The van der Waals surface area contributed by atoms with E-state index in [1.165, 1.54) is 84.1 Å². The van der Waals surface area contributed by atoms with Crippen molar-refractivity contribution in [3.63, 3.8) is 0 Å². The minimum atomic E-state index is -5.12. The molecule has 85 heavy (non-hydrogen) atoms. The Balaban J connectivity index is 1.08. The molecule has 0 saturated carbocycles. The van der Waals surface area contributed by atoms with Gasteiger partial charge in [0.25, 0.3) is 40.5 Å². The third-order valence-electron chi connectivity index (χ3n) is 12.3. The Morgan fingerprint density at radius 3 is 1.44 bits per heavy atom. The molecule has 0 bridgehead atoms. The van der Waals surface area contributed by atoms with Crippen LogP contribution in [0.1, 0.15) is 12.0 Å². The molecule has 0 unspecified atom stereocenters. The summed E-state index contributed by atoms with van der Waals surface area (Å²) in [6.07, 6.45) is -0.193. The van der Waals surface area contributed by atoms with Gasteiger partial charge < -0.3 is 38.8 Å². The topological polar surface area (TPSA) is 404 Å². The van der Waals surface area contributed by atoms with Gasteiger partial charge in [-0.2, -0.15) is 38.8 Å². The molecule has 8 rings (SSSR count). The number of methoxy groups -OCH3 is 5. The van der Waals surface area contributed by atoms with Crippen molar-refractivity contribution in [3.8, 4) is 40.2 Å². The number of nitrogens with zero attached hydrogens (tertiary/aromatic N) is 8. The number of aryl methyl sites for hydroxylation is 1. The third-order valence-corrected chi connectivity index (χ3v) is 15.8. The second-order valence-corrected chi connectivity index (χ2v) is 23.5. The average molecular weight is 1240 g/mol. The Bertz CT molecular complexity index is 4530. The highest BCUT2D eigenvalue weighted by Crippen LogP contribution is 2.47. The minimum Gasteiger partial charge on any atom is -0.505 e. The van der Waals surface area contributed by atoms with Crippen LogP contribution in [0, 0.1) is 6.92 Å². The van der Waals surface area contributed by atoms with Crippen LogP contribution < -0.4 is 33.7 Å². The number of rotatable bonds is 23. The lowest BCUT2D eigenvalue weighted by Crippen LogP contribution is -2.08. The van der Waals surface area contributed by atoms with Gasteiger partial charge in [-0.05, 0) is 91.0 Å². The van der Waals surface area contributed by atoms with Gasteiger partial charge in [0.2, 0.25) is 0 Å². The Morgan fingerprint density at radius 2 is 0.929 bits per heavy atom. The number of nitrogens with one attached hydrogen (secondary N) is 1. The van der Waals surface area contributed by atoms with E-state index in [-0.39, 0.29) is 97.4 Å². The fourth-order valence-corrected chi connectivity index (χ4v) is 11.0. The molecule has 444 valence electrons. The number of phenols is 1. The number of hydrogen-bond donors (Lipinski definition) is 6. The minimum absolute atomic E-state index is 0.0198. The molecule has 0 aliphatic rings. The van der Waals surface area contributed by atoms with E-state index < -0.39 is 78.0 Å². The van der Waals surface area contributed by atoms with E-state index in [2.05, 4.69) is 46.2 Å². The highest BCUT2D eigenvalue weighted by molar-refractivity contribution is 7.87. The second-order valence-electron chi connectivity index (χ2n) is 17.8. The van der Waals surface area contributed by atoms with Gasteiger partial charge in [-0.3, -0.25) is 18.2 Å². The zero-order chi connectivity index (χ0) is 61.6. The van der Waals surface area contributed by atoms with Gasteiger partial charge in [-0.1, -0.05) is 18.2 Å². The summed E-state index contributed by atoms with van der Waals surface area (Å²) in [4.78, 5) is -2.20. The van der Waals surface area contributed by atoms with Crippen LogP contribution in [0.15, 0.2) is 171 Å². The van der Waals surface area contributed by atoms with Crippen LogP contribution in [0.5, 0.6) is 40.2 Å². The van der Waals surface area contributed by atoms with Gasteiger partial charge >= 0.3 is 0 Å². The van der Waals surface area contributed by atoms with Crippen LogP contribution in [0.25, 0.3) is 21.5 Å². The zero-order valence-corrected chi connectivity index (χ0v) is 48.5. The number of hydrogen-bond acceptors (Lipinski definition) is 24. The van der Waals surface area contributed by atoms with Gasteiger partial charge in [0.1, 0.15) is 89.0 Å². The fraction of sp³-hybridized carbons (Fsp3) is 0.170. The van der Waals surface area contributed by atoms with Gasteiger partial charge in [-0.15, -0.1) is 35.8 Å². The number of phenolic OH excluding ortho intramolecular Hbond substituents is 1. The van der Waals surface area contributed by atoms with E-state index in [9.17, 15) is 57.0 Å². The number of fused-ring (bicyclic) bond motifs is 2. The lowest BCUT2D eigenvalue weighted by Gasteiger charge is -2.12. The summed E-state index contributed by atoms with van der Waals surface area (Å²) >= 11 is 0. The molecule has 0 saturated heterocycles. The molecule has 0 aromatic heterocycles. The lowest BCUT2D eigenvalue weighted by molar-refractivity contribution is 0.317. The lowest BCUT2D eigenvalue weighted by atomic mass is 10.1. The summed E-state index contributed by atoms with van der Waals surface area (Å²) in [6.45, 7) is 1.30. The van der Waals surface area contributed by atoms with Crippen LogP contribution in [-0.2, 0) is 40.5 Å². The van der Waals surface area contributed by atoms with Crippen molar-refractivity contribution in [1.82, 2.24) is 0 Å². The largest absolute Gasteiger partial charge is 0.505 e. The van der Waals surface area contributed by atoms with Crippen molar-refractivity contribution >= 4 is 119 Å². The number of ether oxygens (including phenoxy) is 6. The van der Waals surface area contributed by atoms with Crippen LogP contribution >= 0.6 is 0 Å². The first kappa shape index (κ1) is 61.8. The van der Waals surface area contributed by atoms with E-state index in [1.54, 1.807) is 43.3 Å². The highest BCUT2D eigenvalue weighted by Gasteiger charge is 2.26. The van der Waals surface area contributed by atoms with Gasteiger partial charge in [-0.25, -0.2) is 0 Å². The smallest absolute Gasteiger partial charge is 0.297 e. The standard InChI is InChI=1S/C53H49N9O19S4/c1-29-21-39(57-55-37-18-17-35-36(53(37)85(73,74)75)9-7-10-49(35)83(67,68)69)48(81-19-8-20-82(64,65)66)24-38(29)56-58-40-25-45(78-4)41(26-44(40)77-3)59-60-42-27-47(80-6)43(28-46(42)79-5)61-62-51-50(84(70,71)72)23-30-22-32(13-16-34(30)52(51)63)54-31-11-14-33(76-2)15-12-31/h7,9-18,21-28,54,63H,8,19-20H2,1-6H3,(H,64,65,66)(H,67,68,69)(H,70,71,72)(H,73,74,75). The van der Waals surface area contributed by atoms with Crippen molar-refractivity contribution in [2.45, 2.75) is 28.0 Å². The molecule has 6 N–H and O–H groups in total. The summed E-state index contributed by atoms with van der Waals surface area (Å²) in [5.41, 5.74) is 0.980. The first-order chi connectivity index (χ1) is 40.2. The van der Waals surface area contributed by atoms with E-state index in [1.807, 2.05) is 0 Å². The number of azo groups is 4. The first-order valence-corrected chi connectivity index (χ1v) is 30.3. The van der Waals surface area contributed by atoms with Gasteiger partial charge in [0, 0.05) is 57.9 Å². The normalized spacial score (nSPS) is 12.5. The SMILES string of the molecule is COc1ccc(Nc2ccc3c(O)c(N=Nc4cc(OC)c(N=Nc5cc(OC)c(N=Nc6cc(OCCCS(=O)(=O)O)c(N=Nc7ccc8c(S(=O)(=O)O)cccc8c7S(=O)(=O)O)cc6C)cc5OC)cc4OC)c(S(=O)(=O)O)cc3c2)cc1. The summed E-state index contributed by atoms with van der Waals surface area (Å²) in [5.74, 6) is -0.367. The van der Waals surface area contributed by atoms with Crippen molar-refractivity contribution in [1.29, 1.82) is 0 Å². The van der Waals surface area contributed by atoms with E-state index >= 15 is 0 Å². The van der Waals surface area contributed by atoms with Crippen LogP contribution in [0.2, 0.25) is 0 Å². The Hall–Kier alpha value is -9.28. The molecule has 32 heteroatoms. The highest BCUT2D eigenvalue weighted by atomic mass is 32.2. The maximum absolute atomic E-state index is 12.7. The van der Waals surface area contributed by atoms with Crippen LogP contribution in [-0.4, -0.2) is 105 Å². The molecule has 0 fully saturated rings. The summed E-state index contributed by atoms with van der Waals surface area (Å²) < 4.78 is 171. The van der Waals surface area contributed by atoms with Gasteiger partial charge in [0.05, 0.1) is 53.6 Å². The second kappa shape index (κ2) is 25.3. The van der Waals surface area contributed by atoms with E-state index in [4.69, 9.17) is 28.4 Å². The van der Waals surface area contributed by atoms with Crippen molar-refractivity contribution in [2.75, 3.05) is 53.2 Å². The number of aromatic hydroxyl groups is 1. The number of anilines is 2. The molecule has 0 aliphatic heterocycles. The van der Waals surface area contributed by atoms with Crippen molar-refractivity contribution < 1.29 is 85.4 Å². The molecule has 0 aliphatic carbocycles. The summed E-state index contributed by atoms with van der Waals surface area (Å²) in [5, 5.41) is 48.3. The van der Waals surface area contributed by atoms with Crippen molar-refractivity contribution in [3.05, 3.63) is 121 Å². The third kappa shape index (κ3) is 14.6. The maximum Gasteiger partial charge on any atom is 0.297 e. The van der Waals surface area contributed by atoms with Crippen LogP contribution in [0.4, 0.5) is 56.9 Å².